The molecule has 0 aliphatic heterocycles. The smallest absolute Gasteiger partial charge is 0.179 e. The number of nitrogens with one attached hydrogen (secondary N) is 1. The summed E-state index contributed by atoms with van der Waals surface area (Å²) < 4.78 is 16.1. The monoisotopic (exact) mass is 338 g/mol. The number of methoxy groups -OCH3 is 2. The maximum atomic E-state index is 6.23. The zero-order chi connectivity index (χ0) is 16.8. The van der Waals surface area contributed by atoms with Gasteiger partial charge in [-0.05, 0) is 43.9 Å². The van der Waals surface area contributed by atoms with Gasteiger partial charge in [0.15, 0.2) is 11.5 Å². The van der Waals surface area contributed by atoms with Crippen molar-refractivity contribution in [2.45, 2.75) is 12.6 Å². The molecule has 2 aromatic rings. The molecule has 0 bridgehead atoms. The van der Waals surface area contributed by atoms with Crippen LogP contribution in [0.3, 0.4) is 0 Å². The van der Waals surface area contributed by atoms with E-state index in [4.69, 9.17) is 25.5 Å². The lowest BCUT2D eigenvalue weighted by Crippen LogP contribution is -2.30. The van der Waals surface area contributed by atoms with E-state index in [1.165, 1.54) is 0 Å². The molecule has 1 aromatic heterocycles. The SMILES string of the molecule is COc1cc(CNC[C@H](c2ccco2)N(C)C)cc(Cl)c1OC. The van der Waals surface area contributed by atoms with Crippen LogP contribution in [0.4, 0.5) is 0 Å². The summed E-state index contributed by atoms with van der Waals surface area (Å²) in [4.78, 5) is 2.12. The fourth-order valence-electron chi connectivity index (χ4n) is 2.45. The van der Waals surface area contributed by atoms with Gasteiger partial charge in [0.05, 0.1) is 31.5 Å². The molecule has 0 saturated carbocycles. The number of likely N-dealkylation sites (N-methyl/N-ethyl adjacent to an activating group) is 1. The number of benzene rings is 1. The highest BCUT2D eigenvalue weighted by Crippen LogP contribution is 2.36. The van der Waals surface area contributed by atoms with Gasteiger partial charge in [0.2, 0.25) is 0 Å². The van der Waals surface area contributed by atoms with E-state index in [9.17, 15) is 0 Å². The molecule has 0 fully saturated rings. The number of hydrogen-bond acceptors (Lipinski definition) is 5. The number of furan rings is 1. The molecule has 1 aromatic carbocycles. The fraction of sp³-hybridized carbons (Fsp3) is 0.412. The van der Waals surface area contributed by atoms with Gasteiger partial charge in [0.1, 0.15) is 5.76 Å². The van der Waals surface area contributed by atoms with Gasteiger partial charge in [-0.1, -0.05) is 11.6 Å². The van der Waals surface area contributed by atoms with Crippen molar-refractivity contribution in [3.05, 3.63) is 46.9 Å². The highest BCUT2D eigenvalue weighted by atomic mass is 35.5. The maximum Gasteiger partial charge on any atom is 0.179 e. The van der Waals surface area contributed by atoms with Crippen LogP contribution in [0.25, 0.3) is 0 Å². The van der Waals surface area contributed by atoms with Crippen molar-refractivity contribution >= 4 is 11.6 Å². The topological polar surface area (TPSA) is 46.9 Å². The molecule has 0 radical (unpaired) electrons. The van der Waals surface area contributed by atoms with E-state index < -0.39 is 0 Å². The van der Waals surface area contributed by atoms with Crippen LogP contribution in [0.1, 0.15) is 17.4 Å². The van der Waals surface area contributed by atoms with E-state index in [0.717, 1.165) is 17.9 Å². The third kappa shape index (κ3) is 4.41. The summed E-state index contributed by atoms with van der Waals surface area (Å²) in [5.74, 6) is 2.12. The molecule has 1 N–H and O–H groups in total. The van der Waals surface area contributed by atoms with Gasteiger partial charge >= 0.3 is 0 Å². The maximum absolute atomic E-state index is 6.23. The number of nitrogens with zero attached hydrogens (tertiary/aromatic N) is 1. The van der Waals surface area contributed by atoms with Gasteiger partial charge in [0.25, 0.3) is 0 Å². The van der Waals surface area contributed by atoms with E-state index in [2.05, 4.69) is 10.2 Å². The zero-order valence-electron chi connectivity index (χ0n) is 13.9. The Bertz CT molecular complexity index is 615. The van der Waals surface area contributed by atoms with E-state index in [1.807, 2.05) is 38.4 Å². The lowest BCUT2D eigenvalue weighted by molar-refractivity contribution is 0.250. The molecule has 126 valence electrons. The Morgan fingerprint density at radius 2 is 2.04 bits per heavy atom. The van der Waals surface area contributed by atoms with Crippen molar-refractivity contribution in [2.24, 2.45) is 0 Å². The van der Waals surface area contributed by atoms with Crippen LogP contribution in [0.2, 0.25) is 5.02 Å². The average Bonchev–Trinajstić information content (AvgIpc) is 3.04. The molecule has 1 atom stereocenters. The van der Waals surface area contributed by atoms with Crippen LogP contribution in [-0.4, -0.2) is 39.8 Å². The Hall–Kier alpha value is -1.69. The predicted molar refractivity (Wildman–Crippen MR) is 91.4 cm³/mol. The first-order valence-corrected chi connectivity index (χ1v) is 7.75. The van der Waals surface area contributed by atoms with Crippen LogP contribution < -0.4 is 14.8 Å². The van der Waals surface area contributed by atoms with Gasteiger partial charge in [-0.25, -0.2) is 0 Å². The first-order chi connectivity index (χ1) is 11.1. The molecule has 23 heavy (non-hydrogen) atoms. The molecule has 6 heteroatoms. The van der Waals surface area contributed by atoms with Crippen molar-refractivity contribution in [3.8, 4) is 11.5 Å². The van der Waals surface area contributed by atoms with Crippen molar-refractivity contribution in [3.63, 3.8) is 0 Å². The van der Waals surface area contributed by atoms with Gasteiger partial charge in [-0.15, -0.1) is 0 Å². The Kier molecular flexibility index (Phi) is 6.33. The largest absolute Gasteiger partial charge is 0.493 e. The molecule has 0 aliphatic rings. The van der Waals surface area contributed by atoms with Crippen LogP contribution in [0.15, 0.2) is 34.9 Å². The fourth-order valence-corrected chi connectivity index (χ4v) is 2.76. The Labute approximate surface area is 142 Å². The Balaban J connectivity index is 2.02. The molecule has 5 nitrogen and oxygen atoms in total. The standard InChI is InChI=1S/C17H23ClN2O3/c1-20(2)14(15-6-5-7-23-15)11-19-10-12-8-13(18)17(22-4)16(9-12)21-3/h5-9,14,19H,10-11H2,1-4H3/t14-/m1/s1. The summed E-state index contributed by atoms with van der Waals surface area (Å²) >= 11 is 6.23. The van der Waals surface area contributed by atoms with Crippen LogP contribution in [-0.2, 0) is 6.54 Å². The Morgan fingerprint density at radius 1 is 1.26 bits per heavy atom. The highest BCUT2D eigenvalue weighted by molar-refractivity contribution is 6.32. The normalized spacial score (nSPS) is 12.4. The minimum Gasteiger partial charge on any atom is -0.493 e. The first-order valence-electron chi connectivity index (χ1n) is 7.37. The van der Waals surface area contributed by atoms with Crippen LogP contribution in [0, 0.1) is 0 Å². The van der Waals surface area contributed by atoms with Crippen molar-refractivity contribution < 1.29 is 13.9 Å². The lowest BCUT2D eigenvalue weighted by Gasteiger charge is -2.22. The summed E-state index contributed by atoms with van der Waals surface area (Å²) in [5, 5.41) is 3.97. The molecule has 0 saturated heterocycles. The van der Waals surface area contributed by atoms with Crippen molar-refractivity contribution in [2.75, 3.05) is 34.9 Å². The molecular weight excluding hydrogens is 316 g/mol. The molecule has 0 unspecified atom stereocenters. The number of hydrogen-bond donors (Lipinski definition) is 1. The van der Waals surface area contributed by atoms with Gasteiger partial charge in [-0.2, -0.15) is 0 Å². The van der Waals surface area contributed by atoms with Gasteiger partial charge < -0.3 is 19.2 Å². The summed E-state index contributed by atoms with van der Waals surface area (Å²) in [6.07, 6.45) is 1.69. The second-order valence-corrected chi connectivity index (χ2v) is 5.85. The molecule has 0 aliphatic carbocycles. The van der Waals surface area contributed by atoms with E-state index in [-0.39, 0.29) is 6.04 Å². The highest BCUT2D eigenvalue weighted by Gasteiger charge is 2.17. The Morgan fingerprint density at radius 3 is 2.61 bits per heavy atom. The first kappa shape index (κ1) is 17.7. The third-order valence-corrected chi connectivity index (χ3v) is 3.94. The second kappa shape index (κ2) is 8.24. The molecule has 0 spiro atoms. The predicted octanol–water partition coefficient (Wildman–Crippen LogP) is 3.34. The quantitative estimate of drug-likeness (QED) is 0.800. The minimum absolute atomic E-state index is 0.167. The summed E-state index contributed by atoms with van der Waals surface area (Å²) in [5.41, 5.74) is 1.03. The molecular formula is C17H23ClN2O3. The average molecular weight is 339 g/mol. The van der Waals surface area contributed by atoms with Crippen molar-refractivity contribution in [1.29, 1.82) is 0 Å². The van der Waals surface area contributed by atoms with Gasteiger partial charge in [0, 0.05) is 13.1 Å². The van der Waals surface area contributed by atoms with Gasteiger partial charge in [-0.3, -0.25) is 4.90 Å². The molecule has 2 rings (SSSR count). The van der Waals surface area contributed by atoms with Crippen molar-refractivity contribution in [1.82, 2.24) is 10.2 Å². The number of ether oxygens (including phenoxy) is 2. The third-order valence-electron chi connectivity index (χ3n) is 3.66. The zero-order valence-corrected chi connectivity index (χ0v) is 14.7. The molecule has 0 amide bonds. The number of rotatable bonds is 8. The molecule has 1 heterocycles. The minimum atomic E-state index is 0.167. The van der Waals surface area contributed by atoms with E-state index in [0.29, 0.717) is 23.1 Å². The summed E-state index contributed by atoms with van der Waals surface area (Å²) in [7, 11) is 7.24. The lowest BCUT2D eigenvalue weighted by atomic mass is 10.1. The van der Waals surface area contributed by atoms with E-state index in [1.54, 1.807) is 20.5 Å². The summed E-state index contributed by atoms with van der Waals surface area (Å²) in [6.45, 7) is 1.43. The van der Waals surface area contributed by atoms with Crippen LogP contribution in [0.5, 0.6) is 11.5 Å². The number of halogens is 1. The van der Waals surface area contributed by atoms with Crippen LogP contribution >= 0.6 is 11.6 Å². The summed E-state index contributed by atoms with van der Waals surface area (Å²) in [6, 6.07) is 7.86. The second-order valence-electron chi connectivity index (χ2n) is 5.44. The van der Waals surface area contributed by atoms with E-state index >= 15 is 0 Å².